The molecule has 2 aromatic carbocycles. The fourth-order valence-electron chi connectivity index (χ4n) is 2.34. The summed E-state index contributed by atoms with van der Waals surface area (Å²) in [6.45, 7) is 0. The molecular weight excluding hydrogens is 252 g/mol. The van der Waals surface area contributed by atoms with Gasteiger partial charge in [0.1, 0.15) is 5.75 Å². The van der Waals surface area contributed by atoms with Crippen LogP contribution in [0.15, 0.2) is 36.4 Å². The van der Waals surface area contributed by atoms with E-state index in [9.17, 15) is 4.79 Å². The molecular formula is C17H20O3. The van der Waals surface area contributed by atoms with Crippen LogP contribution in [-0.4, -0.2) is 18.2 Å². The first kappa shape index (κ1) is 14.4. The molecule has 0 radical (unpaired) electrons. The van der Waals surface area contributed by atoms with Crippen molar-refractivity contribution in [1.82, 2.24) is 0 Å². The number of aryl methyl sites for hydroxylation is 1. The molecule has 3 heteroatoms. The molecule has 106 valence electrons. The number of hydrogen-bond donors (Lipinski definition) is 1. The average Bonchev–Trinajstić information content (AvgIpc) is 2.46. The summed E-state index contributed by atoms with van der Waals surface area (Å²) in [6, 6.07) is 12.5. The average molecular weight is 272 g/mol. The van der Waals surface area contributed by atoms with Gasteiger partial charge in [-0.25, -0.2) is 0 Å². The highest BCUT2D eigenvalue weighted by molar-refractivity contribution is 5.84. The minimum absolute atomic E-state index is 0.275. The summed E-state index contributed by atoms with van der Waals surface area (Å²) < 4.78 is 5.22. The molecule has 0 fully saturated rings. The second kappa shape index (κ2) is 6.94. The van der Waals surface area contributed by atoms with Crippen LogP contribution in [0.25, 0.3) is 10.8 Å². The zero-order chi connectivity index (χ0) is 14.4. The van der Waals surface area contributed by atoms with E-state index in [1.807, 2.05) is 12.1 Å². The largest absolute Gasteiger partial charge is 0.497 e. The number of carbonyl (C=O) groups is 1. The Labute approximate surface area is 119 Å². The first-order valence-corrected chi connectivity index (χ1v) is 6.97. The van der Waals surface area contributed by atoms with Crippen LogP contribution in [0.4, 0.5) is 0 Å². The quantitative estimate of drug-likeness (QED) is 0.774. The van der Waals surface area contributed by atoms with Gasteiger partial charge in [-0.05, 0) is 47.7 Å². The molecule has 0 saturated carbocycles. The molecule has 0 aliphatic heterocycles. The van der Waals surface area contributed by atoms with E-state index in [1.165, 1.54) is 16.3 Å². The maximum absolute atomic E-state index is 10.4. The number of ether oxygens (including phenoxy) is 1. The molecule has 0 heterocycles. The molecule has 0 unspecified atom stereocenters. The summed E-state index contributed by atoms with van der Waals surface area (Å²) in [5, 5.41) is 11.0. The van der Waals surface area contributed by atoms with Crippen LogP contribution in [-0.2, 0) is 11.2 Å². The lowest BCUT2D eigenvalue weighted by Crippen LogP contribution is -1.94. The summed E-state index contributed by atoms with van der Waals surface area (Å²) in [4.78, 5) is 10.4. The molecule has 0 saturated heterocycles. The Morgan fingerprint density at radius 3 is 2.55 bits per heavy atom. The summed E-state index contributed by atoms with van der Waals surface area (Å²) in [7, 11) is 1.67. The molecule has 0 aromatic heterocycles. The van der Waals surface area contributed by atoms with Crippen molar-refractivity contribution in [2.24, 2.45) is 0 Å². The van der Waals surface area contributed by atoms with Crippen LogP contribution in [0.2, 0.25) is 0 Å². The standard InChI is InChI=1S/C17H20O3/c1-20-16-10-9-14-11-13(7-8-15(14)12-16)5-3-2-4-6-17(18)19/h7-12H,2-6H2,1H3,(H,18,19). The lowest BCUT2D eigenvalue weighted by Gasteiger charge is -2.06. The highest BCUT2D eigenvalue weighted by Gasteiger charge is 2.00. The minimum atomic E-state index is -0.704. The first-order valence-electron chi connectivity index (χ1n) is 6.97. The van der Waals surface area contributed by atoms with E-state index >= 15 is 0 Å². The van der Waals surface area contributed by atoms with E-state index in [4.69, 9.17) is 9.84 Å². The lowest BCUT2D eigenvalue weighted by atomic mass is 10.0. The van der Waals surface area contributed by atoms with E-state index in [0.29, 0.717) is 0 Å². The second-order valence-electron chi connectivity index (χ2n) is 5.00. The Morgan fingerprint density at radius 1 is 1.05 bits per heavy atom. The number of fused-ring (bicyclic) bond motifs is 1. The topological polar surface area (TPSA) is 46.5 Å². The molecule has 0 spiro atoms. The molecule has 1 N–H and O–H groups in total. The molecule has 0 aliphatic carbocycles. The summed E-state index contributed by atoms with van der Waals surface area (Å²) in [5.41, 5.74) is 1.30. The van der Waals surface area contributed by atoms with Crippen molar-refractivity contribution >= 4 is 16.7 Å². The number of unbranched alkanes of at least 4 members (excludes halogenated alkanes) is 2. The van der Waals surface area contributed by atoms with Crippen molar-refractivity contribution in [2.45, 2.75) is 32.1 Å². The molecule has 2 aromatic rings. The zero-order valence-corrected chi connectivity index (χ0v) is 11.8. The molecule has 3 nitrogen and oxygen atoms in total. The zero-order valence-electron chi connectivity index (χ0n) is 11.8. The van der Waals surface area contributed by atoms with E-state index in [2.05, 4.69) is 24.3 Å². The van der Waals surface area contributed by atoms with Crippen molar-refractivity contribution in [3.63, 3.8) is 0 Å². The number of hydrogen-bond acceptors (Lipinski definition) is 2. The van der Waals surface area contributed by atoms with Gasteiger partial charge in [-0.3, -0.25) is 4.79 Å². The Hall–Kier alpha value is -2.03. The van der Waals surface area contributed by atoms with Crippen LogP contribution in [0.5, 0.6) is 5.75 Å². The van der Waals surface area contributed by atoms with Gasteiger partial charge in [0.05, 0.1) is 7.11 Å². The van der Waals surface area contributed by atoms with Crippen molar-refractivity contribution in [2.75, 3.05) is 7.11 Å². The first-order chi connectivity index (χ1) is 9.69. The van der Waals surface area contributed by atoms with Crippen LogP contribution in [0.3, 0.4) is 0 Å². The smallest absolute Gasteiger partial charge is 0.303 e. The fraction of sp³-hybridized carbons (Fsp3) is 0.353. The lowest BCUT2D eigenvalue weighted by molar-refractivity contribution is -0.137. The van der Waals surface area contributed by atoms with E-state index < -0.39 is 5.97 Å². The predicted molar refractivity (Wildman–Crippen MR) is 80.3 cm³/mol. The number of benzene rings is 2. The maximum Gasteiger partial charge on any atom is 0.303 e. The minimum Gasteiger partial charge on any atom is -0.497 e. The molecule has 0 amide bonds. The van der Waals surface area contributed by atoms with Crippen molar-refractivity contribution in [1.29, 1.82) is 0 Å². The van der Waals surface area contributed by atoms with Crippen molar-refractivity contribution < 1.29 is 14.6 Å². The predicted octanol–water partition coefficient (Wildman–Crippen LogP) is 4.04. The third kappa shape index (κ3) is 3.98. The highest BCUT2D eigenvalue weighted by atomic mass is 16.5. The summed E-state index contributed by atoms with van der Waals surface area (Å²) in [6.07, 6.45) is 4.04. The van der Waals surface area contributed by atoms with Gasteiger partial charge in [0.2, 0.25) is 0 Å². The van der Waals surface area contributed by atoms with Gasteiger partial charge in [0.15, 0.2) is 0 Å². The normalized spacial score (nSPS) is 10.7. The SMILES string of the molecule is COc1ccc2cc(CCCCCC(=O)O)ccc2c1. The van der Waals surface area contributed by atoms with Crippen LogP contribution in [0, 0.1) is 0 Å². The van der Waals surface area contributed by atoms with Gasteiger partial charge in [-0.15, -0.1) is 0 Å². The molecule has 20 heavy (non-hydrogen) atoms. The second-order valence-corrected chi connectivity index (χ2v) is 5.00. The highest BCUT2D eigenvalue weighted by Crippen LogP contribution is 2.22. The van der Waals surface area contributed by atoms with Crippen LogP contribution >= 0.6 is 0 Å². The number of rotatable bonds is 7. The van der Waals surface area contributed by atoms with Gasteiger partial charge < -0.3 is 9.84 Å². The van der Waals surface area contributed by atoms with E-state index in [-0.39, 0.29) is 6.42 Å². The Kier molecular flexibility index (Phi) is 4.99. The molecule has 0 bridgehead atoms. The van der Waals surface area contributed by atoms with Crippen molar-refractivity contribution in [3.8, 4) is 5.75 Å². The Morgan fingerprint density at radius 2 is 1.80 bits per heavy atom. The molecule has 0 aliphatic rings. The number of methoxy groups -OCH3 is 1. The van der Waals surface area contributed by atoms with Gasteiger partial charge in [0, 0.05) is 6.42 Å². The van der Waals surface area contributed by atoms with Gasteiger partial charge in [-0.2, -0.15) is 0 Å². The van der Waals surface area contributed by atoms with Gasteiger partial charge in [0.25, 0.3) is 0 Å². The van der Waals surface area contributed by atoms with Crippen molar-refractivity contribution in [3.05, 3.63) is 42.0 Å². The molecule has 0 atom stereocenters. The van der Waals surface area contributed by atoms with Gasteiger partial charge in [-0.1, -0.05) is 30.7 Å². The van der Waals surface area contributed by atoms with Crippen LogP contribution in [0.1, 0.15) is 31.2 Å². The number of carboxylic acids is 1. The number of carboxylic acid groups (broad SMARTS) is 1. The van der Waals surface area contributed by atoms with E-state index in [0.717, 1.165) is 31.4 Å². The molecule has 2 rings (SSSR count). The fourth-order valence-corrected chi connectivity index (χ4v) is 2.34. The Balaban J connectivity index is 1.93. The summed E-state index contributed by atoms with van der Waals surface area (Å²) in [5.74, 6) is 0.170. The monoisotopic (exact) mass is 272 g/mol. The van der Waals surface area contributed by atoms with Crippen LogP contribution < -0.4 is 4.74 Å². The third-order valence-corrected chi connectivity index (χ3v) is 3.47. The maximum atomic E-state index is 10.4. The Bertz CT molecular complexity index is 590. The van der Waals surface area contributed by atoms with E-state index in [1.54, 1.807) is 7.11 Å². The van der Waals surface area contributed by atoms with Gasteiger partial charge >= 0.3 is 5.97 Å². The summed E-state index contributed by atoms with van der Waals surface area (Å²) >= 11 is 0. The third-order valence-electron chi connectivity index (χ3n) is 3.47. The number of aliphatic carboxylic acids is 1.